The van der Waals surface area contributed by atoms with E-state index in [1.54, 1.807) is 0 Å². The van der Waals surface area contributed by atoms with Gasteiger partial charge >= 0.3 is 0 Å². The van der Waals surface area contributed by atoms with Crippen molar-refractivity contribution in [2.45, 2.75) is 13.0 Å². The van der Waals surface area contributed by atoms with Gasteiger partial charge in [0.2, 0.25) is 0 Å². The van der Waals surface area contributed by atoms with Crippen molar-refractivity contribution in [2.75, 3.05) is 0 Å². The Balaban J connectivity index is 2.51. The smallest absolute Gasteiger partial charge is 0.0814 e. The molecule has 0 spiro atoms. The summed E-state index contributed by atoms with van der Waals surface area (Å²) < 4.78 is 0. The molecule has 2 atom stereocenters. The summed E-state index contributed by atoms with van der Waals surface area (Å²) in [5.74, 6) is 0.380. The first-order valence-corrected chi connectivity index (χ1v) is 2.10. The molecular weight excluding hydrogens is 76.1 g/mol. The average Bonchev–Trinajstić information content (AvgIpc) is 1.94. The first-order chi connectivity index (χ1) is 2.73. The van der Waals surface area contributed by atoms with Crippen molar-refractivity contribution >= 4 is 0 Å². The van der Waals surface area contributed by atoms with Gasteiger partial charge < -0.3 is 5.11 Å². The molecule has 0 aromatic carbocycles. The van der Waals surface area contributed by atoms with Crippen LogP contribution in [0.15, 0.2) is 12.2 Å². The van der Waals surface area contributed by atoms with Crippen molar-refractivity contribution in [3.05, 3.63) is 12.2 Å². The van der Waals surface area contributed by atoms with Crippen molar-refractivity contribution in [1.29, 1.82) is 0 Å². The summed E-state index contributed by atoms with van der Waals surface area (Å²) in [5, 5.41) is 8.60. The Hall–Kier alpha value is -0.300. The number of aliphatic hydroxyl groups excluding tert-OH is 1. The Morgan fingerprint density at radius 2 is 2.00 bits per heavy atom. The molecule has 1 unspecified atom stereocenters. The van der Waals surface area contributed by atoms with Gasteiger partial charge in [-0.2, -0.15) is 0 Å². The first kappa shape index (κ1) is 3.88. The van der Waals surface area contributed by atoms with Gasteiger partial charge in [0.1, 0.15) is 0 Å². The van der Waals surface area contributed by atoms with Crippen LogP contribution in [0.5, 0.6) is 0 Å². The van der Waals surface area contributed by atoms with E-state index in [-0.39, 0.29) is 6.10 Å². The monoisotopic (exact) mass is 84.1 g/mol. The lowest BCUT2D eigenvalue weighted by atomic mass is 10.5. The molecule has 34 valence electrons. The van der Waals surface area contributed by atoms with Gasteiger partial charge in [-0.05, 0) is 5.57 Å². The van der Waals surface area contributed by atoms with Crippen LogP contribution in [0.25, 0.3) is 0 Å². The van der Waals surface area contributed by atoms with Gasteiger partial charge in [-0.1, -0.05) is 13.5 Å². The molecule has 6 heavy (non-hydrogen) atoms. The highest BCUT2D eigenvalue weighted by molar-refractivity contribution is 5.26. The van der Waals surface area contributed by atoms with Gasteiger partial charge in [0, 0.05) is 5.92 Å². The predicted octanol–water partition coefficient (Wildman–Crippen LogP) is 0.553. The summed E-state index contributed by atoms with van der Waals surface area (Å²) >= 11 is 0. The second kappa shape index (κ2) is 0.850. The van der Waals surface area contributed by atoms with Crippen LogP contribution < -0.4 is 0 Å². The zero-order chi connectivity index (χ0) is 4.73. The van der Waals surface area contributed by atoms with E-state index in [2.05, 4.69) is 6.58 Å². The van der Waals surface area contributed by atoms with Crippen LogP contribution in [0.4, 0.5) is 0 Å². The molecule has 0 saturated heterocycles. The molecule has 1 heteroatoms. The maximum atomic E-state index is 8.60. The highest BCUT2D eigenvalue weighted by Gasteiger charge is 2.35. The summed E-state index contributed by atoms with van der Waals surface area (Å²) in [5.41, 5.74) is 0.981. The van der Waals surface area contributed by atoms with E-state index in [9.17, 15) is 0 Å². The van der Waals surface area contributed by atoms with Gasteiger partial charge in [0.15, 0.2) is 0 Å². The first-order valence-electron chi connectivity index (χ1n) is 2.10. The van der Waals surface area contributed by atoms with Crippen LogP contribution in [0.1, 0.15) is 6.92 Å². The van der Waals surface area contributed by atoms with E-state index < -0.39 is 0 Å². The molecule has 1 saturated carbocycles. The fraction of sp³-hybridized carbons (Fsp3) is 0.600. The molecular formula is C5H8O. The Morgan fingerprint density at radius 1 is 1.83 bits per heavy atom. The highest BCUT2D eigenvalue weighted by Crippen LogP contribution is 2.34. The summed E-state index contributed by atoms with van der Waals surface area (Å²) in [6, 6.07) is 0. The van der Waals surface area contributed by atoms with Crippen LogP contribution >= 0.6 is 0 Å². The van der Waals surface area contributed by atoms with E-state index in [4.69, 9.17) is 5.11 Å². The standard InChI is InChI=1S/C5H8O/c1-3-4(2)5(3)6/h4-6H,1H2,2H3/t4?,5-/m0/s1. The molecule has 1 rings (SSSR count). The van der Waals surface area contributed by atoms with Crippen LogP contribution in [-0.4, -0.2) is 11.2 Å². The molecule has 0 aromatic rings. The lowest BCUT2D eigenvalue weighted by Gasteiger charge is -1.66. The van der Waals surface area contributed by atoms with E-state index >= 15 is 0 Å². The molecule has 0 amide bonds. The van der Waals surface area contributed by atoms with Crippen LogP contribution in [0.2, 0.25) is 0 Å². The van der Waals surface area contributed by atoms with E-state index in [0.29, 0.717) is 5.92 Å². The number of aliphatic hydroxyl groups is 1. The number of hydrogen-bond donors (Lipinski definition) is 1. The molecule has 1 fully saturated rings. The minimum atomic E-state index is -0.176. The Labute approximate surface area is 37.3 Å². The Kier molecular flexibility index (Phi) is 0.549. The van der Waals surface area contributed by atoms with E-state index in [1.807, 2.05) is 6.92 Å². The van der Waals surface area contributed by atoms with Crippen LogP contribution in [0, 0.1) is 5.92 Å². The second-order valence-electron chi connectivity index (χ2n) is 1.81. The van der Waals surface area contributed by atoms with Gasteiger partial charge in [0.25, 0.3) is 0 Å². The zero-order valence-electron chi connectivity index (χ0n) is 3.81. The van der Waals surface area contributed by atoms with Crippen LogP contribution in [-0.2, 0) is 0 Å². The molecule has 0 bridgehead atoms. The second-order valence-corrected chi connectivity index (χ2v) is 1.81. The van der Waals surface area contributed by atoms with E-state index in [0.717, 1.165) is 5.57 Å². The minimum absolute atomic E-state index is 0.176. The third-order valence-corrected chi connectivity index (χ3v) is 1.33. The molecule has 1 aliphatic carbocycles. The summed E-state index contributed by atoms with van der Waals surface area (Å²) in [6.45, 7) is 5.54. The molecule has 1 N–H and O–H groups in total. The predicted molar refractivity (Wildman–Crippen MR) is 24.3 cm³/mol. The average molecular weight is 84.1 g/mol. The van der Waals surface area contributed by atoms with Crippen molar-refractivity contribution in [2.24, 2.45) is 5.92 Å². The summed E-state index contributed by atoms with van der Waals surface area (Å²) in [6.07, 6.45) is -0.176. The maximum absolute atomic E-state index is 8.60. The summed E-state index contributed by atoms with van der Waals surface area (Å²) in [7, 11) is 0. The normalized spacial score (nSPS) is 43.3. The number of rotatable bonds is 0. The molecule has 0 aromatic heterocycles. The third-order valence-electron chi connectivity index (χ3n) is 1.33. The molecule has 0 radical (unpaired) electrons. The fourth-order valence-corrected chi connectivity index (χ4v) is 0.443. The van der Waals surface area contributed by atoms with Crippen molar-refractivity contribution in [3.8, 4) is 0 Å². The van der Waals surface area contributed by atoms with Gasteiger partial charge in [-0.3, -0.25) is 0 Å². The van der Waals surface area contributed by atoms with Crippen molar-refractivity contribution in [1.82, 2.24) is 0 Å². The Morgan fingerprint density at radius 3 is 2.00 bits per heavy atom. The largest absolute Gasteiger partial charge is 0.388 e. The fourth-order valence-electron chi connectivity index (χ4n) is 0.443. The number of hydrogen-bond acceptors (Lipinski definition) is 1. The summed E-state index contributed by atoms with van der Waals surface area (Å²) in [4.78, 5) is 0. The minimum Gasteiger partial charge on any atom is -0.388 e. The molecule has 0 aliphatic heterocycles. The quantitative estimate of drug-likeness (QED) is 0.425. The zero-order valence-corrected chi connectivity index (χ0v) is 3.81. The van der Waals surface area contributed by atoms with E-state index in [1.165, 1.54) is 0 Å². The molecule has 0 heterocycles. The highest BCUT2D eigenvalue weighted by atomic mass is 16.3. The van der Waals surface area contributed by atoms with Crippen molar-refractivity contribution in [3.63, 3.8) is 0 Å². The van der Waals surface area contributed by atoms with Crippen LogP contribution in [0.3, 0.4) is 0 Å². The topological polar surface area (TPSA) is 20.2 Å². The van der Waals surface area contributed by atoms with Gasteiger partial charge in [0.05, 0.1) is 6.10 Å². The lowest BCUT2D eigenvalue weighted by molar-refractivity contribution is 0.271. The SMILES string of the molecule is C=C1C(C)[C@H]1O. The Bertz CT molecular complexity index is 75.9. The lowest BCUT2D eigenvalue weighted by Crippen LogP contribution is -1.75. The third kappa shape index (κ3) is 0.287. The molecule has 1 nitrogen and oxygen atoms in total. The van der Waals surface area contributed by atoms with Gasteiger partial charge in [-0.25, -0.2) is 0 Å². The van der Waals surface area contributed by atoms with Crippen molar-refractivity contribution < 1.29 is 5.11 Å². The van der Waals surface area contributed by atoms with Gasteiger partial charge in [-0.15, -0.1) is 0 Å². The maximum Gasteiger partial charge on any atom is 0.0814 e. The molecule has 1 aliphatic rings.